The molecule has 1 N–H and O–H groups in total. The predicted molar refractivity (Wildman–Crippen MR) is 104 cm³/mol. The van der Waals surface area contributed by atoms with Crippen molar-refractivity contribution in [2.75, 3.05) is 0 Å². The zero-order chi connectivity index (χ0) is 20.5. The lowest BCUT2D eigenvalue weighted by Gasteiger charge is -2.24. The number of furan rings is 1. The second kappa shape index (κ2) is 7.39. The Morgan fingerprint density at radius 1 is 1.07 bits per heavy atom. The van der Waals surface area contributed by atoms with E-state index < -0.39 is 23.5 Å². The second-order valence-electron chi connectivity index (χ2n) is 6.89. The summed E-state index contributed by atoms with van der Waals surface area (Å²) in [6, 6.07) is 15.0. The molecule has 1 atom stereocenters. The highest BCUT2D eigenvalue weighted by atomic mass is 19.1. The van der Waals surface area contributed by atoms with Gasteiger partial charge in [0, 0.05) is 11.1 Å². The molecule has 1 aliphatic rings. The fourth-order valence-corrected chi connectivity index (χ4v) is 3.50. The molecule has 3 aromatic rings. The Balaban J connectivity index is 1.89. The summed E-state index contributed by atoms with van der Waals surface area (Å²) in [7, 11) is 0. The van der Waals surface area contributed by atoms with Gasteiger partial charge in [0.2, 0.25) is 0 Å². The number of benzene rings is 2. The van der Waals surface area contributed by atoms with Gasteiger partial charge in [0.15, 0.2) is 0 Å². The minimum atomic E-state index is -1.07. The molecule has 2 heterocycles. The van der Waals surface area contributed by atoms with Gasteiger partial charge < -0.3 is 14.4 Å². The Bertz CT molecular complexity index is 1100. The molecule has 29 heavy (non-hydrogen) atoms. The van der Waals surface area contributed by atoms with E-state index in [1.165, 1.54) is 29.4 Å². The van der Waals surface area contributed by atoms with Crippen molar-refractivity contribution in [1.82, 2.24) is 4.90 Å². The lowest BCUT2D eigenvalue weighted by molar-refractivity contribution is -0.140. The first kappa shape index (κ1) is 18.7. The van der Waals surface area contributed by atoms with Crippen molar-refractivity contribution in [3.63, 3.8) is 0 Å². The monoisotopic (exact) mass is 391 g/mol. The van der Waals surface area contributed by atoms with E-state index in [4.69, 9.17) is 4.42 Å². The van der Waals surface area contributed by atoms with E-state index in [0.717, 1.165) is 5.56 Å². The second-order valence-corrected chi connectivity index (χ2v) is 6.89. The number of carbonyl (C=O) groups is 2. The SMILES string of the molecule is Cc1ccc(/C(O)=C2/C(=O)C(=O)N(Cc3ccco3)C2c2ccccc2F)cc1. The van der Waals surface area contributed by atoms with Crippen molar-refractivity contribution in [3.05, 3.63) is 101 Å². The number of Topliss-reactive ketones (excluding diaryl/α,β-unsaturated/α-hetero) is 1. The molecular formula is C23H18FNO4. The fraction of sp³-hybridized carbons (Fsp3) is 0.130. The zero-order valence-corrected chi connectivity index (χ0v) is 15.6. The summed E-state index contributed by atoms with van der Waals surface area (Å²) in [6.07, 6.45) is 1.45. The number of ketones is 1. The van der Waals surface area contributed by atoms with Crippen LogP contribution in [0.4, 0.5) is 4.39 Å². The quantitative estimate of drug-likeness (QED) is 0.408. The van der Waals surface area contributed by atoms with Crippen LogP contribution in [0.25, 0.3) is 5.76 Å². The molecule has 0 aliphatic carbocycles. The standard InChI is InChI=1S/C23H18FNO4/c1-14-8-10-15(11-9-14)21(26)19-20(17-6-2-3-7-18(17)24)25(23(28)22(19)27)13-16-5-4-12-29-16/h2-12,20,26H,13H2,1H3/b21-19-. The molecule has 6 heteroatoms. The minimum absolute atomic E-state index is 0.0265. The summed E-state index contributed by atoms with van der Waals surface area (Å²) in [5.41, 5.74) is 1.35. The highest BCUT2D eigenvalue weighted by molar-refractivity contribution is 6.46. The molecule has 1 fully saturated rings. The van der Waals surface area contributed by atoms with Gasteiger partial charge in [-0.15, -0.1) is 0 Å². The average Bonchev–Trinajstić information content (AvgIpc) is 3.31. The van der Waals surface area contributed by atoms with Crippen LogP contribution in [0.2, 0.25) is 0 Å². The third-order valence-corrected chi connectivity index (χ3v) is 4.97. The highest BCUT2D eigenvalue weighted by Gasteiger charge is 2.47. The number of carbonyl (C=O) groups excluding carboxylic acids is 2. The number of rotatable bonds is 4. The van der Waals surface area contributed by atoms with Crippen molar-refractivity contribution in [2.45, 2.75) is 19.5 Å². The summed E-state index contributed by atoms with van der Waals surface area (Å²) in [4.78, 5) is 26.9. The van der Waals surface area contributed by atoms with Gasteiger partial charge in [-0.1, -0.05) is 48.0 Å². The van der Waals surface area contributed by atoms with Crippen molar-refractivity contribution >= 4 is 17.4 Å². The maximum Gasteiger partial charge on any atom is 0.296 e. The van der Waals surface area contributed by atoms with Gasteiger partial charge in [0.1, 0.15) is 17.3 Å². The van der Waals surface area contributed by atoms with Gasteiger partial charge in [-0.25, -0.2) is 4.39 Å². The largest absolute Gasteiger partial charge is 0.507 e. The predicted octanol–water partition coefficient (Wildman–Crippen LogP) is 4.35. The first-order valence-corrected chi connectivity index (χ1v) is 9.09. The van der Waals surface area contributed by atoms with E-state index in [9.17, 15) is 19.1 Å². The number of aliphatic hydroxyl groups excluding tert-OH is 1. The summed E-state index contributed by atoms with van der Waals surface area (Å²) in [5.74, 6) is -2.13. The summed E-state index contributed by atoms with van der Waals surface area (Å²) < 4.78 is 20.0. The number of likely N-dealkylation sites (tertiary alicyclic amines) is 1. The van der Waals surface area contributed by atoms with E-state index in [1.54, 1.807) is 42.5 Å². The number of aliphatic hydroxyl groups is 1. The molecular weight excluding hydrogens is 373 g/mol. The lowest BCUT2D eigenvalue weighted by atomic mass is 9.94. The number of hydrogen-bond donors (Lipinski definition) is 1. The molecule has 0 saturated carbocycles. The van der Waals surface area contributed by atoms with Crippen molar-refractivity contribution in [2.24, 2.45) is 0 Å². The third kappa shape index (κ3) is 3.33. The van der Waals surface area contributed by atoms with Gasteiger partial charge >= 0.3 is 0 Å². The Morgan fingerprint density at radius 2 is 1.79 bits per heavy atom. The summed E-state index contributed by atoms with van der Waals surface area (Å²) >= 11 is 0. The molecule has 1 unspecified atom stereocenters. The van der Waals surface area contributed by atoms with Crippen LogP contribution in [0.1, 0.15) is 28.5 Å². The molecule has 0 bridgehead atoms. The highest BCUT2D eigenvalue weighted by Crippen LogP contribution is 2.41. The van der Waals surface area contributed by atoms with Crippen LogP contribution in [-0.4, -0.2) is 21.7 Å². The Labute approximate surface area is 166 Å². The van der Waals surface area contributed by atoms with E-state index in [-0.39, 0.29) is 23.4 Å². The van der Waals surface area contributed by atoms with E-state index in [2.05, 4.69) is 0 Å². The molecule has 2 aromatic carbocycles. The topological polar surface area (TPSA) is 70.8 Å². The summed E-state index contributed by atoms with van der Waals surface area (Å²) in [6.45, 7) is 1.87. The molecule has 1 amide bonds. The molecule has 1 aromatic heterocycles. The number of amides is 1. The number of hydrogen-bond acceptors (Lipinski definition) is 4. The number of halogens is 1. The van der Waals surface area contributed by atoms with E-state index in [0.29, 0.717) is 11.3 Å². The van der Waals surface area contributed by atoms with Crippen LogP contribution in [-0.2, 0) is 16.1 Å². The van der Waals surface area contributed by atoms with Crippen molar-refractivity contribution in [1.29, 1.82) is 0 Å². The van der Waals surface area contributed by atoms with Crippen LogP contribution in [0.3, 0.4) is 0 Å². The van der Waals surface area contributed by atoms with Crippen LogP contribution >= 0.6 is 0 Å². The van der Waals surface area contributed by atoms with Gasteiger partial charge in [0.05, 0.1) is 24.4 Å². The average molecular weight is 391 g/mol. The van der Waals surface area contributed by atoms with Gasteiger partial charge in [-0.3, -0.25) is 9.59 Å². The van der Waals surface area contributed by atoms with Gasteiger partial charge in [0.25, 0.3) is 11.7 Å². The van der Waals surface area contributed by atoms with Gasteiger partial charge in [-0.2, -0.15) is 0 Å². The molecule has 146 valence electrons. The van der Waals surface area contributed by atoms with E-state index >= 15 is 0 Å². The lowest BCUT2D eigenvalue weighted by Crippen LogP contribution is -2.29. The third-order valence-electron chi connectivity index (χ3n) is 4.97. The molecule has 4 rings (SSSR count). The maximum absolute atomic E-state index is 14.7. The Kier molecular flexibility index (Phi) is 4.76. The van der Waals surface area contributed by atoms with E-state index in [1.807, 2.05) is 6.92 Å². The molecule has 1 aliphatic heterocycles. The number of nitrogens with zero attached hydrogens (tertiary/aromatic N) is 1. The first-order chi connectivity index (χ1) is 14.0. The van der Waals surface area contributed by atoms with Crippen LogP contribution < -0.4 is 0 Å². The van der Waals surface area contributed by atoms with Crippen LogP contribution in [0, 0.1) is 12.7 Å². The van der Waals surface area contributed by atoms with Crippen LogP contribution in [0.15, 0.2) is 76.9 Å². The Morgan fingerprint density at radius 3 is 2.45 bits per heavy atom. The molecule has 1 saturated heterocycles. The smallest absolute Gasteiger partial charge is 0.296 e. The minimum Gasteiger partial charge on any atom is -0.507 e. The zero-order valence-electron chi connectivity index (χ0n) is 15.6. The number of aryl methyl sites for hydroxylation is 1. The van der Waals surface area contributed by atoms with Crippen molar-refractivity contribution in [3.8, 4) is 0 Å². The molecule has 0 radical (unpaired) electrons. The maximum atomic E-state index is 14.7. The van der Waals surface area contributed by atoms with Crippen LogP contribution in [0.5, 0.6) is 0 Å². The summed E-state index contributed by atoms with van der Waals surface area (Å²) in [5, 5.41) is 10.9. The normalized spacial score (nSPS) is 18.4. The van der Waals surface area contributed by atoms with Crippen molar-refractivity contribution < 1.29 is 23.5 Å². The molecule has 5 nitrogen and oxygen atoms in total. The fourth-order valence-electron chi connectivity index (χ4n) is 3.50. The van der Waals surface area contributed by atoms with Gasteiger partial charge in [-0.05, 0) is 25.1 Å². The molecule has 0 spiro atoms. The first-order valence-electron chi connectivity index (χ1n) is 9.09. The Hall–Kier alpha value is -3.67.